The zero-order chi connectivity index (χ0) is 26.6. The fourth-order valence-electron chi connectivity index (χ4n) is 4.27. The summed E-state index contributed by atoms with van der Waals surface area (Å²) in [6.45, 7) is 8.11. The molecule has 1 aromatic carbocycles. The zero-order valence-electron chi connectivity index (χ0n) is 21.0. The van der Waals surface area contributed by atoms with Crippen molar-refractivity contribution in [3.8, 4) is 0 Å². The molecule has 2 atom stereocenters. The van der Waals surface area contributed by atoms with E-state index in [1.54, 1.807) is 26.0 Å². The molecule has 11 heteroatoms. The number of carbonyl (C=O) groups excluding carboxylic acids is 6. The lowest BCUT2D eigenvalue weighted by atomic mass is 10.0. The Morgan fingerprint density at radius 1 is 1.06 bits per heavy atom. The van der Waals surface area contributed by atoms with Gasteiger partial charge in [0, 0.05) is 6.42 Å². The molecule has 0 spiro atoms. The summed E-state index contributed by atoms with van der Waals surface area (Å²) in [6.07, 6.45) is -0.112. The minimum absolute atomic E-state index is 0.0103. The van der Waals surface area contributed by atoms with Crippen molar-refractivity contribution in [1.29, 1.82) is 0 Å². The highest BCUT2D eigenvalue weighted by atomic mass is 16.5. The van der Waals surface area contributed by atoms with Crippen LogP contribution in [0.1, 0.15) is 61.3 Å². The first-order chi connectivity index (χ1) is 17.1. The van der Waals surface area contributed by atoms with E-state index in [1.807, 2.05) is 18.7 Å². The number of benzene rings is 1. The number of nitrogens with zero attached hydrogens (tertiary/aromatic N) is 3. The fraction of sp³-hybridized carbons (Fsp3) is 0.520. The van der Waals surface area contributed by atoms with Crippen molar-refractivity contribution < 1.29 is 33.5 Å². The van der Waals surface area contributed by atoms with Crippen LogP contribution in [0.15, 0.2) is 24.3 Å². The van der Waals surface area contributed by atoms with Crippen LogP contribution in [0.5, 0.6) is 0 Å². The minimum atomic E-state index is -1.18. The Labute approximate surface area is 209 Å². The van der Waals surface area contributed by atoms with E-state index in [1.165, 1.54) is 12.1 Å². The summed E-state index contributed by atoms with van der Waals surface area (Å²) < 4.78 is 5.26. The molecule has 0 saturated carbocycles. The number of rotatable bonds is 10. The predicted molar refractivity (Wildman–Crippen MR) is 127 cm³/mol. The van der Waals surface area contributed by atoms with Gasteiger partial charge in [0.25, 0.3) is 17.7 Å². The molecule has 2 aliphatic rings. The number of imide groups is 2. The van der Waals surface area contributed by atoms with Crippen LogP contribution in [-0.4, -0.2) is 88.7 Å². The van der Waals surface area contributed by atoms with Crippen molar-refractivity contribution in [3.63, 3.8) is 0 Å². The number of hydrogen-bond acceptors (Lipinski definition) is 8. The van der Waals surface area contributed by atoms with Crippen molar-refractivity contribution in [2.75, 3.05) is 26.4 Å². The Kier molecular flexibility index (Phi) is 8.57. The molecule has 11 nitrogen and oxygen atoms in total. The number of likely N-dealkylation sites (tertiary alicyclic amines) is 1. The molecule has 0 aromatic heterocycles. The summed E-state index contributed by atoms with van der Waals surface area (Å²) in [5.74, 6) is -4.01. The molecule has 0 bridgehead atoms. The third kappa shape index (κ3) is 5.46. The van der Waals surface area contributed by atoms with Gasteiger partial charge in [-0.2, -0.15) is 0 Å². The zero-order valence-corrected chi connectivity index (χ0v) is 21.0. The standard InChI is InChI=1S/C25H32N4O7/c1-5-27(6-2)13-19(30)26-21(15(3)4)25(35)36-14-28-20(31)12-11-18(24(28)34)29-22(32)16-9-7-8-10-17(16)23(29)33/h7-10,15,18,21H,5-6,11-14H2,1-4H3,(H,26,30). The highest BCUT2D eigenvalue weighted by Crippen LogP contribution is 2.29. The molecule has 36 heavy (non-hydrogen) atoms. The second-order valence-electron chi connectivity index (χ2n) is 9.08. The minimum Gasteiger partial charge on any atom is -0.442 e. The van der Waals surface area contributed by atoms with Crippen LogP contribution in [0.25, 0.3) is 0 Å². The lowest BCUT2D eigenvalue weighted by molar-refractivity contribution is -0.166. The van der Waals surface area contributed by atoms with Crippen molar-refractivity contribution >= 4 is 35.5 Å². The molecule has 1 N–H and O–H groups in total. The monoisotopic (exact) mass is 500 g/mol. The summed E-state index contributed by atoms with van der Waals surface area (Å²) in [4.78, 5) is 79.9. The first kappa shape index (κ1) is 27.0. The smallest absolute Gasteiger partial charge is 0.330 e. The van der Waals surface area contributed by atoms with Gasteiger partial charge in [-0.3, -0.25) is 33.8 Å². The molecule has 1 saturated heterocycles. The Morgan fingerprint density at radius 2 is 1.64 bits per heavy atom. The average Bonchev–Trinajstić information content (AvgIpc) is 3.10. The molecule has 3 rings (SSSR count). The Bertz CT molecular complexity index is 1030. The number of amides is 5. The van der Waals surface area contributed by atoms with Crippen molar-refractivity contribution in [2.45, 2.75) is 52.6 Å². The van der Waals surface area contributed by atoms with Gasteiger partial charge in [-0.15, -0.1) is 0 Å². The van der Waals surface area contributed by atoms with E-state index < -0.39 is 48.4 Å². The molecule has 2 aliphatic heterocycles. The molecular weight excluding hydrogens is 468 g/mol. The number of nitrogens with one attached hydrogen (secondary N) is 1. The molecular formula is C25H32N4O7. The maximum absolute atomic E-state index is 13.1. The molecule has 1 aromatic rings. The van der Waals surface area contributed by atoms with E-state index >= 15 is 0 Å². The lowest BCUT2D eigenvalue weighted by Crippen LogP contribution is -2.57. The highest BCUT2D eigenvalue weighted by Gasteiger charge is 2.47. The summed E-state index contributed by atoms with van der Waals surface area (Å²) in [5.41, 5.74) is 0.399. The number of fused-ring (bicyclic) bond motifs is 1. The maximum atomic E-state index is 13.1. The van der Waals surface area contributed by atoms with E-state index in [-0.39, 0.29) is 42.3 Å². The molecule has 5 amide bonds. The van der Waals surface area contributed by atoms with E-state index in [0.717, 1.165) is 9.80 Å². The summed E-state index contributed by atoms with van der Waals surface area (Å²) in [5, 5.41) is 2.66. The molecule has 194 valence electrons. The Hall–Kier alpha value is -3.60. The second kappa shape index (κ2) is 11.4. The quantitative estimate of drug-likeness (QED) is 0.368. The van der Waals surface area contributed by atoms with Crippen LogP contribution < -0.4 is 5.32 Å². The van der Waals surface area contributed by atoms with Gasteiger partial charge in [0.2, 0.25) is 11.8 Å². The predicted octanol–water partition coefficient (Wildman–Crippen LogP) is 0.784. The Morgan fingerprint density at radius 3 is 2.17 bits per heavy atom. The van der Waals surface area contributed by atoms with Gasteiger partial charge < -0.3 is 10.1 Å². The van der Waals surface area contributed by atoms with Crippen molar-refractivity contribution in [3.05, 3.63) is 35.4 Å². The van der Waals surface area contributed by atoms with Gasteiger partial charge in [0.1, 0.15) is 12.1 Å². The first-order valence-electron chi connectivity index (χ1n) is 12.1. The van der Waals surface area contributed by atoms with E-state index in [9.17, 15) is 28.8 Å². The highest BCUT2D eigenvalue weighted by molar-refractivity contribution is 6.23. The van der Waals surface area contributed by atoms with Crippen LogP contribution in [0.2, 0.25) is 0 Å². The van der Waals surface area contributed by atoms with Crippen LogP contribution in [0, 0.1) is 5.92 Å². The topological polar surface area (TPSA) is 133 Å². The largest absolute Gasteiger partial charge is 0.442 e. The second-order valence-corrected chi connectivity index (χ2v) is 9.08. The fourth-order valence-corrected chi connectivity index (χ4v) is 4.27. The SMILES string of the molecule is CCN(CC)CC(=O)NC(C(=O)OCN1C(=O)CCC(N2C(=O)c3ccccc3C2=O)C1=O)C(C)C. The van der Waals surface area contributed by atoms with E-state index in [2.05, 4.69) is 5.32 Å². The van der Waals surface area contributed by atoms with E-state index in [0.29, 0.717) is 13.1 Å². The van der Waals surface area contributed by atoms with Crippen LogP contribution in [0.3, 0.4) is 0 Å². The van der Waals surface area contributed by atoms with Gasteiger partial charge in [0.15, 0.2) is 6.73 Å². The molecule has 2 heterocycles. The van der Waals surface area contributed by atoms with Crippen LogP contribution >= 0.6 is 0 Å². The number of ether oxygens (including phenoxy) is 1. The number of esters is 1. The van der Waals surface area contributed by atoms with E-state index in [4.69, 9.17) is 4.74 Å². The average molecular weight is 501 g/mol. The number of hydrogen-bond donors (Lipinski definition) is 1. The maximum Gasteiger partial charge on any atom is 0.330 e. The first-order valence-corrected chi connectivity index (χ1v) is 12.1. The van der Waals surface area contributed by atoms with Gasteiger partial charge in [-0.25, -0.2) is 9.69 Å². The number of piperidine rings is 1. The number of likely N-dealkylation sites (N-methyl/N-ethyl adjacent to an activating group) is 1. The Balaban J connectivity index is 1.66. The van der Waals surface area contributed by atoms with Crippen molar-refractivity contribution in [2.24, 2.45) is 5.92 Å². The van der Waals surface area contributed by atoms with Gasteiger partial charge in [-0.05, 0) is 37.6 Å². The third-order valence-electron chi connectivity index (χ3n) is 6.46. The molecule has 0 aliphatic carbocycles. The summed E-state index contributed by atoms with van der Waals surface area (Å²) >= 11 is 0. The van der Waals surface area contributed by atoms with Crippen LogP contribution in [0.4, 0.5) is 0 Å². The van der Waals surface area contributed by atoms with Crippen LogP contribution in [-0.2, 0) is 23.9 Å². The van der Waals surface area contributed by atoms with Gasteiger partial charge in [0.05, 0.1) is 17.7 Å². The van der Waals surface area contributed by atoms with Crippen molar-refractivity contribution in [1.82, 2.24) is 20.0 Å². The number of carbonyl (C=O) groups is 6. The lowest BCUT2D eigenvalue weighted by Gasteiger charge is -2.34. The summed E-state index contributed by atoms with van der Waals surface area (Å²) in [6, 6.07) is 4.11. The third-order valence-corrected chi connectivity index (χ3v) is 6.46. The van der Waals surface area contributed by atoms with Gasteiger partial charge in [-0.1, -0.05) is 39.8 Å². The summed E-state index contributed by atoms with van der Waals surface area (Å²) in [7, 11) is 0. The molecule has 1 fully saturated rings. The molecule has 2 unspecified atom stereocenters. The molecule has 0 radical (unpaired) electrons. The normalized spacial score (nSPS) is 18.7. The van der Waals surface area contributed by atoms with Gasteiger partial charge >= 0.3 is 5.97 Å².